The Labute approximate surface area is 175 Å². The predicted molar refractivity (Wildman–Crippen MR) is 111 cm³/mol. The number of ether oxygens (including phenoxy) is 1. The van der Waals surface area contributed by atoms with Crippen molar-refractivity contribution in [3.8, 4) is 0 Å². The third kappa shape index (κ3) is 6.11. The number of thiazole rings is 1. The summed E-state index contributed by atoms with van der Waals surface area (Å²) in [5.41, 5.74) is 1.40. The van der Waals surface area contributed by atoms with E-state index in [1.54, 1.807) is 23.7 Å². The van der Waals surface area contributed by atoms with Crippen LogP contribution in [0, 0.1) is 10.1 Å². The highest BCUT2D eigenvalue weighted by molar-refractivity contribution is 7.13. The van der Waals surface area contributed by atoms with Crippen molar-refractivity contribution in [2.75, 3.05) is 5.32 Å². The van der Waals surface area contributed by atoms with Crippen molar-refractivity contribution in [1.82, 2.24) is 10.3 Å². The zero-order chi connectivity index (χ0) is 21.3. The predicted octanol–water partition coefficient (Wildman–Crippen LogP) is 3.53. The van der Waals surface area contributed by atoms with Crippen LogP contribution in [0.25, 0.3) is 0 Å². The molecule has 0 spiro atoms. The summed E-state index contributed by atoms with van der Waals surface area (Å²) in [6.45, 7) is 0.0605. The molecule has 0 aliphatic rings. The van der Waals surface area contributed by atoms with Gasteiger partial charge in [-0.25, -0.2) is 9.78 Å². The normalized spacial score (nSPS) is 11.3. The zero-order valence-corrected chi connectivity index (χ0v) is 16.5. The van der Waals surface area contributed by atoms with Gasteiger partial charge in [-0.05, 0) is 11.1 Å². The molecule has 10 heteroatoms. The lowest BCUT2D eigenvalue weighted by molar-refractivity contribution is -0.384. The SMILES string of the molecule is O=C(N[C@H](Cc1ccc([N+](=O)[O-])cc1)C(=O)Nc1nccs1)OCc1ccccc1. The minimum atomic E-state index is -0.960. The lowest BCUT2D eigenvalue weighted by Crippen LogP contribution is -2.45. The number of carbonyl (C=O) groups excluding carboxylic acids is 2. The number of non-ortho nitro benzene ring substituents is 1. The third-order valence-corrected chi connectivity index (χ3v) is 4.76. The molecule has 0 saturated heterocycles. The largest absolute Gasteiger partial charge is 0.445 e. The molecule has 3 rings (SSSR count). The van der Waals surface area contributed by atoms with Gasteiger partial charge in [0, 0.05) is 30.1 Å². The van der Waals surface area contributed by atoms with Gasteiger partial charge in [-0.1, -0.05) is 42.5 Å². The number of alkyl carbamates (subject to hydrolysis) is 1. The van der Waals surface area contributed by atoms with Crippen LogP contribution in [0.15, 0.2) is 66.2 Å². The van der Waals surface area contributed by atoms with E-state index in [-0.39, 0.29) is 18.7 Å². The number of carbonyl (C=O) groups is 2. The second-order valence-corrected chi connectivity index (χ2v) is 7.11. The summed E-state index contributed by atoms with van der Waals surface area (Å²) in [5.74, 6) is -0.472. The fourth-order valence-corrected chi connectivity index (χ4v) is 3.12. The Morgan fingerprint density at radius 1 is 1.10 bits per heavy atom. The summed E-state index contributed by atoms with van der Waals surface area (Å²) in [6, 6.07) is 14.0. The fourth-order valence-electron chi connectivity index (χ4n) is 2.58. The second-order valence-electron chi connectivity index (χ2n) is 6.21. The van der Waals surface area contributed by atoms with Gasteiger partial charge in [0.15, 0.2) is 5.13 Å². The molecule has 2 amide bonds. The first kappa shape index (κ1) is 20.9. The van der Waals surface area contributed by atoms with Crippen LogP contribution in [0.1, 0.15) is 11.1 Å². The Morgan fingerprint density at radius 3 is 2.47 bits per heavy atom. The number of nitrogens with zero attached hydrogens (tertiary/aromatic N) is 2. The zero-order valence-electron chi connectivity index (χ0n) is 15.7. The molecule has 154 valence electrons. The molecule has 0 fully saturated rings. The molecule has 30 heavy (non-hydrogen) atoms. The van der Waals surface area contributed by atoms with E-state index in [1.165, 1.54) is 23.5 Å². The summed E-state index contributed by atoms with van der Waals surface area (Å²) >= 11 is 1.24. The molecule has 1 atom stereocenters. The van der Waals surface area contributed by atoms with E-state index in [1.807, 2.05) is 30.3 Å². The Bertz CT molecular complexity index is 994. The standard InChI is InChI=1S/C20H18N4O5S/c25-18(23-19-21-10-11-30-19)17(12-14-6-8-16(9-7-14)24(27)28)22-20(26)29-13-15-4-2-1-3-5-15/h1-11,17H,12-13H2,(H,22,26)(H,21,23,25)/t17-/m1/s1. The van der Waals surface area contributed by atoms with E-state index in [2.05, 4.69) is 15.6 Å². The first-order valence-electron chi connectivity index (χ1n) is 8.92. The highest BCUT2D eigenvalue weighted by atomic mass is 32.1. The first-order valence-corrected chi connectivity index (χ1v) is 9.80. The van der Waals surface area contributed by atoms with E-state index in [9.17, 15) is 19.7 Å². The summed E-state index contributed by atoms with van der Waals surface area (Å²) in [6.07, 6.45) is 0.920. The molecule has 1 aromatic heterocycles. The van der Waals surface area contributed by atoms with Crippen LogP contribution in [0.2, 0.25) is 0 Å². The molecule has 0 aliphatic heterocycles. The number of nitrogens with one attached hydrogen (secondary N) is 2. The second kappa shape index (κ2) is 10.1. The molecule has 0 radical (unpaired) electrons. The lowest BCUT2D eigenvalue weighted by Gasteiger charge is -2.18. The number of anilines is 1. The summed E-state index contributed by atoms with van der Waals surface area (Å²) < 4.78 is 5.20. The number of hydrogen-bond donors (Lipinski definition) is 2. The Morgan fingerprint density at radius 2 is 1.83 bits per heavy atom. The highest BCUT2D eigenvalue weighted by Crippen LogP contribution is 2.15. The van der Waals surface area contributed by atoms with Crippen molar-refractivity contribution in [1.29, 1.82) is 0 Å². The molecular weight excluding hydrogens is 408 g/mol. The number of hydrogen-bond acceptors (Lipinski definition) is 7. The van der Waals surface area contributed by atoms with E-state index in [0.717, 1.165) is 5.56 Å². The number of rotatable bonds is 8. The van der Waals surface area contributed by atoms with Crippen LogP contribution in [-0.2, 0) is 22.6 Å². The van der Waals surface area contributed by atoms with Crippen molar-refractivity contribution < 1.29 is 19.2 Å². The average Bonchev–Trinajstić information content (AvgIpc) is 3.26. The van der Waals surface area contributed by atoms with Crippen LogP contribution in [0.3, 0.4) is 0 Å². The number of aromatic nitrogens is 1. The minimum Gasteiger partial charge on any atom is -0.445 e. The molecular formula is C20H18N4O5S. The highest BCUT2D eigenvalue weighted by Gasteiger charge is 2.23. The summed E-state index contributed by atoms with van der Waals surface area (Å²) in [7, 11) is 0. The molecule has 2 N–H and O–H groups in total. The van der Waals surface area contributed by atoms with Crippen LogP contribution in [0.5, 0.6) is 0 Å². The van der Waals surface area contributed by atoms with E-state index < -0.39 is 23.0 Å². The van der Waals surface area contributed by atoms with Crippen molar-refractivity contribution >= 4 is 34.2 Å². The average molecular weight is 426 g/mol. The van der Waals surface area contributed by atoms with Gasteiger partial charge in [-0.3, -0.25) is 14.9 Å². The van der Waals surface area contributed by atoms with Gasteiger partial charge in [0.1, 0.15) is 12.6 Å². The van der Waals surface area contributed by atoms with Crippen molar-refractivity contribution in [2.45, 2.75) is 19.1 Å². The molecule has 0 aliphatic carbocycles. The van der Waals surface area contributed by atoms with E-state index >= 15 is 0 Å². The number of nitro groups is 1. The molecule has 0 saturated carbocycles. The monoisotopic (exact) mass is 426 g/mol. The maximum atomic E-state index is 12.7. The maximum absolute atomic E-state index is 12.7. The summed E-state index contributed by atoms with van der Waals surface area (Å²) in [5, 5.41) is 18.1. The molecule has 3 aromatic rings. The molecule has 1 heterocycles. The van der Waals surface area contributed by atoms with Gasteiger partial charge in [0.25, 0.3) is 5.69 Å². The summed E-state index contributed by atoms with van der Waals surface area (Å²) in [4.78, 5) is 39.2. The van der Waals surface area contributed by atoms with Gasteiger partial charge >= 0.3 is 6.09 Å². The topological polar surface area (TPSA) is 123 Å². The lowest BCUT2D eigenvalue weighted by atomic mass is 10.1. The van der Waals surface area contributed by atoms with Gasteiger partial charge in [-0.2, -0.15) is 0 Å². The Balaban J connectivity index is 1.67. The smallest absolute Gasteiger partial charge is 0.408 e. The fraction of sp³-hybridized carbons (Fsp3) is 0.150. The van der Waals surface area contributed by atoms with Gasteiger partial charge in [0.2, 0.25) is 5.91 Å². The van der Waals surface area contributed by atoms with Gasteiger partial charge in [-0.15, -0.1) is 11.3 Å². The molecule has 0 bridgehead atoms. The van der Waals surface area contributed by atoms with Crippen LogP contribution >= 0.6 is 11.3 Å². The molecule has 9 nitrogen and oxygen atoms in total. The third-order valence-electron chi connectivity index (χ3n) is 4.07. The number of benzene rings is 2. The van der Waals surface area contributed by atoms with Gasteiger partial charge in [0.05, 0.1) is 4.92 Å². The Hall–Kier alpha value is -3.79. The maximum Gasteiger partial charge on any atom is 0.408 e. The number of nitro benzene ring substituents is 1. The van der Waals surface area contributed by atoms with Crippen LogP contribution in [-0.4, -0.2) is 27.9 Å². The first-order chi connectivity index (χ1) is 14.5. The molecule has 0 unspecified atom stereocenters. The van der Waals surface area contributed by atoms with Crippen molar-refractivity contribution in [3.05, 3.63) is 87.4 Å². The number of amides is 2. The van der Waals surface area contributed by atoms with E-state index in [4.69, 9.17) is 4.74 Å². The minimum absolute atomic E-state index is 0.0576. The van der Waals surface area contributed by atoms with Crippen LogP contribution < -0.4 is 10.6 Å². The Kier molecular flexibility index (Phi) is 7.06. The quantitative estimate of drug-likeness (QED) is 0.420. The van der Waals surface area contributed by atoms with Crippen LogP contribution in [0.4, 0.5) is 15.6 Å². The van der Waals surface area contributed by atoms with Gasteiger partial charge < -0.3 is 15.4 Å². The van der Waals surface area contributed by atoms with Crippen molar-refractivity contribution in [3.63, 3.8) is 0 Å². The van der Waals surface area contributed by atoms with Crippen molar-refractivity contribution in [2.24, 2.45) is 0 Å². The molecule has 2 aromatic carbocycles. The van der Waals surface area contributed by atoms with E-state index in [0.29, 0.717) is 10.7 Å².